The van der Waals surface area contributed by atoms with Crippen LogP contribution >= 0.6 is 0 Å². The van der Waals surface area contributed by atoms with Crippen LogP contribution in [0.25, 0.3) is 22.0 Å². The number of aliphatic hydroxyl groups excluding tert-OH is 1. The van der Waals surface area contributed by atoms with Crippen molar-refractivity contribution < 1.29 is 14.3 Å². The van der Waals surface area contributed by atoms with E-state index >= 15 is 0 Å². The summed E-state index contributed by atoms with van der Waals surface area (Å²) in [6, 6.07) is 20.2. The third-order valence-corrected chi connectivity index (χ3v) is 5.81. The Labute approximate surface area is 200 Å². The highest BCUT2D eigenvalue weighted by Crippen LogP contribution is 2.23. The van der Waals surface area contributed by atoms with E-state index in [1.165, 1.54) is 12.1 Å². The van der Waals surface area contributed by atoms with Gasteiger partial charge in [-0.3, -0.25) is 9.78 Å². The van der Waals surface area contributed by atoms with Gasteiger partial charge in [-0.05, 0) is 46.8 Å². The fourth-order valence-corrected chi connectivity index (χ4v) is 4.00. The molecule has 0 saturated carbocycles. The Bertz CT molecular complexity index is 1500. The number of fused-ring (bicyclic) bond motifs is 1. The molecule has 0 aliphatic heterocycles. The molecule has 2 N–H and O–H groups in total. The first-order valence-electron chi connectivity index (χ1n) is 11.1. The summed E-state index contributed by atoms with van der Waals surface area (Å²) in [6.07, 6.45) is 5.40. The number of nitrogens with zero attached hydrogens (tertiary/aromatic N) is 4. The summed E-state index contributed by atoms with van der Waals surface area (Å²) in [6.45, 7) is -0.0243. The summed E-state index contributed by atoms with van der Waals surface area (Å²) in [5, 5.41) is 23.2. The number of amides is 1. The summed E-state index contributed by atoms with van der Waals surface area (Å²) in [5.74, 6) is -0.798. The number of carbonyl (C=O) groups excluding carboxylic acids is 1. The molecular formula is C27H22FN5O2. The van der Waals surface area contributed by atoms with Gasteiger partial charge in [0.25, 0.3) is 5.91 Å². The van der Waals surface area contributed by atoms with Crippen molar-refractivity contribution in [3.8, 4) is 11.3 Å². The van der Waals surface area contributed by atoms with Gasteiger partial charge in [0.15, 0.2) is 0 Å². The molecule has 0 aliphatic carbocycles. The average Bonchev–Trinajstić information content (AvgIpc) is 3.35. The highest BCUT2D eigenvalue weighted by molar-refractivity contribution is 5.96. The number of hydrogen-bond donors (Lipinski definition) is 2. The van der Waals surface area contributed by atoms with Crippen LogP contribution in [-0.2, 0) is 6.54 Å². The number of hydrogen-bond acceptors (Lipinski definition) is 5. The van der Waals surface area contributed by atoms with Crippen LogP contribution in [0.15, 0.2) is 91.4 Å². The molecule has 2 heterocycles. The van der Waals surface area contributed by atoms with Gasteiger partial charge in [0.1, 0.15) is 11.5 Å². The van der Waals surface area contributed by atoms with Crippen LogP contribution in [0.1, 0.15) is 27.5 Å². The second-order valence-electron chi connectivity index (χ2n) is 8.16. The maximum atomic E-state index is 13.6. The molecular weight excluding hydrogens is 445 g/mol. The van der Waals surface area contributed by atoms with Gasteiger partial charge in [0, 0.05) is 28.9 Å². The van der Waals surface area contributed by atoms with E-state index in [2.05, 4.69) is 20.6 Å². The van der Waals surface area contributed by atoms with Crippen LogP contribution in [0.3, 0.4) is 0 Å². The van der Waals surface area contributed by atoms with Crippen LogP contribution in [-0.4, -0.2) is 37.6 Å². The van der Waals surface area contributed by atoms with Gasteiger partial charge in [-0.25, -0.2) is 9.07 Å². The van der Waals surface area contributed by atoms with Crippen molar-refractivity contribution in [2.75, 3.05) is 6.61 Å². The molecule has 5 rings (SSSR count). The summed E-state index contributed by atoms with van der Waals surface area (Å²) in [4.78, 5) is 17.2. The second-order valence-corrected chi connectivity index (χ2v) is 8.16. The minimum atomic E-state index is -0.729. The van der Waals surface area contributed by atoms with Crippen molar-refractivity contribution in [1.29, 1.82) is 0 Å². The van der Waals surface area contributed by atoms with Crippen molar-refractivity contribution in [3.63, 3.8) is 0 Å². The molecule has 0 radical (unpaired) electrons. The van der Waals surface area contributed by atoms with Crippen molar-refractivity contribution >= 4 is 16.7 Å². The van der Waals surface area contributed by atoms with E-state index < -0.39 is 11.9 Å². The zero-order valence-electron chi connectivity index (χ0n) is 18.7. The molecule has 2 aromatic heterocycles. The lowest BCUT2D eigenvalue weighted by atomic mass is 10.0. The molecule has 0 spiro atoms. The summed E-state index contributed by atoms with van der Waals surface area (Å²) >= 11 is 0. The number of aromatic nitrogens is 4. The van der Waals surface area contributed by atoms with E-state index in [0.29, 0.717) is 17.7 Å². The molecule has 35 heavy (non-hydrogen) atoms. The van der Waals surface area contributed by atoms with E-state index in [0.717, 1.165) is 27.6 Å². The maximum absolute atomic E-state index is 13.6. The average molecular weight is 468 g/mol. The van der Waals surface area contributed by atoms with Crippen LogP contribution in [0.4, 0.5) is 4.39 Å². The summed E-state index contributed by atoms with van der Waals surface area (Å²) < 4.78 is 15.3. The zero-order valence-corrected chi connectivity index (χ0v) is 18.7. The molecule has 7 nitrogen and oxygen atoms in total. The van der Waals surface area contributed by atoms with Crippen molar-refractivity contribution in [2.45, 2.75) is 12.6 Å². The van der Waals surface area contributed by atoms with Crippen LogP contribution in [0.5, 0.6) is 0 Å². The number of aliphatic hydroxyl groups is 1. The van der Waals surface area contributed by atoms with Crippen molar-refractivity contribution in [1.82, 2.24) is 25.3 Å². The minimum Gasteiger partial charge on any atom is -0.394 e. The lowest BCUT2D eigenvalue weighted by molar-refractivity contribution is 0.0915. The number of nitrogens with one attached hydrogen (secondary N) is 1. The van der Waals surface area contributed by atoms with Crippen LogP contribution < -0.4 is 5.32 Å². The molecule has 8 heteroatoms. The Morgan fingerprint density at radius 1 is 1.03 bits per heavy atom. The molecule has 1 unspecified atom stereocenters. The van der Waals surface area contributed by atoms with Gasteiger partial charge in [-0.15, -0.1) is 5.10 Å². The Balaban J connectivity index is 1.36. The quantitative estimate of drug-likeness (QED) is 0.375. The molecule has 174 valence electrons. The minimum absolute atomic E-state index is 0.331. The van der Waals surface area contributed by atoms with Gasteiger partial charge in [0.05, 0.1) is 25.4 Å². The van der Waals surface area contributed by atoms with Gasteiger partial charge >= 0.3 is 0 Å². The maximum Gasteiger partial charge on any atom is 0.252 e. The predicted octanol–water partition coefficient (Wildman–Crippen LogP) is 4.14. The SMILES string of the molecule is O=C(NC(CO)c1cccc(F)c1)c1ccccc1Cn1cc(-c2ccc3cnccc3c2)nn1. The number of benzene rings is 3. The van der Waals surface area contributed by atoms with Crippen LogP contribution in [0.2, 0.25) is 0 Å². The van der Waals surface area contributed by atoms with E-state index in [1.54, 1.807) is 35.1 Å². The van der Waals surface area contributed by atoms with Crippen LogP contribution in [0, 0.1) is 5.82 Å². The topological polar surface area (TPSA) is 92.9 Å². The molecule has 3 aromatic carbocycles. The van der Waals surface area contributed by atoms with Crippen molar-refractivity contribution in [3.05, 3.63) is 114 Å². The molecule has 0 aliphatic rings. The predicted molar refractivity (Wildman–Crippen MR) is 130 cm³/mol. The Hall–Kier alpha value is -4.43. The first kappa shape index (κ1) is 22.4. The van der Waals surface area contributed by atoms with E-state index in [4.69, 9.17) is 0 Å². The fourth-order valence-electron chi connectivity index (χ4n) is 4.00. The first-order chi connectivity index (χ1) is 17.1. The summed E-state index contributed by atoms with van der Waals surface area (Å²) in [7, 11) is 0. The molecule has 5 aromatic rings. The molecule has 0 fully saturated rings. The number of halogens is 1. The first-order valence-corrected chi connectivity index (χ1v) is 11.1. The number of rotatable bonds is 7. The Morgan fingerprint density at radius 3 is 2.77 bits per heavy atom. The lowest BCUT2D eigenvalue weighted by Gasteiger charge is -2.18. The van der Waals surface area contributed by atoms with Crippen molar-refractivity contribution in [2.24, 2.45) is 0 Å². The third kappa shape index (κ3) is 4.92. The highest BCUT2D eigenvalue weighted by atomic mass is 19.1. The molecule has 1 amide bonds. The van der Waals surface area contributed by atoms with Gasteiger partial charge in [-0.2, -0.15) is 0 Å². The van der Waals surface area contributed by atoms with Gasteiger partial charge in [-0.1, -0.05) is 47.7 Å². The van der Waals surface area contributed by atoms with E-state index in [-0.39, 0.29) is 12.5 Å². The summed E-state index contributed by atoms with van der Waals surface area (Å²) in [5.41, 5.74) is 3.32. The fraction of sp³-hybridized carbons (Fsp3) is 0.111. The Morgan fingerprint density at radius 2 is 1.91 bits per heavy atom. The monoisotopic (exact) mass is 467 g/mol. The lowest BCUT2D eigenvalue weighted by Crippen LogP contribution is -2.31. The highest BCUT2D eigenvalue weighted by Gasteiger charge is 2.18. The van der Waals surface area contributed by atoms with E-state index in [1.807, 2.05) is 48.8 Å². The zero-order chi connectivity index (χ0) is 24.2. The van der Waals surface area contributed by atoms with Gasteiger partial charge < -0.3 is 10.4 Å². The Kier molecular flexibility index (Phi) is 6.28. The molecule has 0 saturated heterocycles. The molecule has 0 bridgehead atoms. The number of carbonyl (C=O) groups is 1. The number of pyridine rings is 1. The standard InChI is InChI=1S/C27H22FN5O2/c28-23-6-3-5-19(13-23)26(17-34)30-27(35)24-7-2-1-4-22(24)15-33-16-25(31-32-33)20-8-9-21-14-29-11-10-18(21)12-20/h1-14,16,26,34H,15,17H2,(H,30,35). The smallest absolute Gasteiger partial charge is 0.252 e. The third-order valence-electron chi connectivity index (χ3n) is 5.81. The normalized spacial score (nSPS) is 11.9. The molecule has 1 atom stereocenters. The second kappa shape index (κ2) is 9.82. The van der Waals surface area contributed by atoms with Gasteiger partial charge in [0.2, 0.25) is 0 Å². The van der Waals surface area contributed by atoms with E-state index in [9.17, 15) is 14.3 Å². The largest absolute Gasteiger partial charge is 0.394 e.